The lowest BCUT2D eigenvalue weighted by molar-refractivity contribution is -0.220. The van der Waals surface area contributed by atoms with Crippen molar-refractivity contribution in [3.05, 3.63) is 23.3 Å². The van der Waals surface area contributed by atoms with Gasteiger partial charge in [-0.2, -0.15) is 39.5 Å². The zero-order valence-electron chi connectivity index (χ0n) is 12.0. The quantitative estimate of drug-likeness (QED) is 0.689. The Labute approximate surface area is 134 Å². The summed E-state index contributed by atoms with van der Waals surface area (Å²) < 4.78 is 124. The molecule has 1 saturated heterocycles. The highest BCUT2D eigenvalue weighted by Crippen LogP contribution is 2.37. The van der Waals surface area contributed by atoms with Crippen molar-refractivity contribution in [3.63, 3.8) is 0 Å². The van der Waals surface area contributed by atoms with Crippen LogP contribution in [0.25, 0.3) is 0 Å². The van der Waals surface area contributed by atoms with Gasteiger partial charge in [0.2, 0.25) is 5.82 Å². The second-order valence-electron chi connectivity index (χ2n) is 4.99. The molecule has 1 aromatic heterocycles. The first-order valence-corrected chi connectivity index (χ1v) is 6.62. The Balaban J connectivity index is 2.45. The fourth-order valence-electron chi connectivity index (χ4n) is 2.05. The van der Waals surface area contributed by atoms with Crippen molar-refractivity contribution < 1.29 is 49.0 Å². The number of nitrogens with zero attached hydrogens (tertiary/aromatic N) is 2. The van der Waals surface area contributed by atoms with Crippen LogP contribution >= 0.6 is 0 Å². The van der Waals surface area contributed by atoms with Crippen LogP contribution in [0.1, 0.15) is 29.7 Å². The lowest BCUT2D eigenvalue weighted by Crippen LogP contribution is -2.32. The number of rotatable bonds is 1. The van der Waals surface area contributed by atoms with Crippen molar-refractivity contribution in [3.8, 4) is 0 Å². The van der Waals surface area contributed by atoms with E-state index in [1.807, 2.05) is 0 Å². The highest BCUT2D eigenvalue weighted by Gasteiger charge is 2.45. The molecule has 1 aliphatic rings. The number of ether oxygens (including phenoxy) is 2. The van der Waals surface area contributed by atoms with Crippen molar-refractivity contribution in [2.24, 2.45) is 0 Å². The van der Waals surface area contributed by atoms with E-state index in [0.717, 1.165) is 0 Å². The molecule has 13 heteroatoms. The molecule has 0 saturated carbocycles. The minimum absolute atomic E-state index is 0.138. The van der Waals surface area contributed by atoms with Crippen molar-refractivity contribution in [2.45, 2.75) is 37.2 Å². The van der Waals surface area contributed by atoms with Gasteiger partial charge in [0.1, 0.15) is 11.8 Å². The van der Waals surface area contributed by atoms with Gasteiger partial charge in [0, 0.05) is 6.42 Å². The van der Waals surface area contributed by atoms with Gasteiger partial charge in [-0.05, 0) is 6.07 Å². The molecule has 0 spiro atoms. The molecule has 1 fully saturated rings. The van der Waals surface area contributed by atoms with Crippen LogP contribution in [0.4, 0.5) is 39.5 Å². The summed E-state index contributed by atoms with van der Waals surface area (Å²) in [6, 6.07) is 0.138. The highest BCUT2D eigenvalue weighted by atomic mass is 19.4. The number of hydrogen-bond donors (Lipinski definition) is 0. The molecule has 0 amide bonds. The summed E-state index contributed by atoms with van der Waals surface area (Å²) in [5.74, 6) is -2.12. The first kappa shape index (κ1) is 19.7. The van der Waals surface area contributed by atoms with E-state index in [1.54, 1.807) is 0 Å². The third kappa shape index (κ3) is 4.93. The zero-order chi connectivity index (χ0) is 19.0. The van der Waals surface area contributed by atoms with Crippen molar-refractivity contribution in [2.75, 3.05) is 13.2 Å². The molecular weight excluding hydrogens is 375 g/mol. The summed E-state index contributed by atoms with van der Waals surface area (Å²) in [7, 11) is 0. The third-order valence-corrected chi connectivity index (χ3v) is 3.13. The average Bonchev–Trinajstić information content (AvgIpc) is 2.70. The van der Waals surface area contributed by atoms with Gasteiger partial charge in [-0.25, -0.2) is 9.97 Å². The first-order valence-electron chi connectivity index (χ1n) is 6.62. The van der Waals surface area contributed by atoms with Crippen LogP contribution in [0.3, 0.4) is 0 Å². The lowest BCUT2D eigenvalue weighted by Gasteiger charge is -2.22. The number of hydrogen-bond acceptors (Lipinski definition) is 4. The van der Waals surface area contributed by atoms with E-state index < -0.39 is 67.6 Å². The molecule has 2 heterocycles. The molecule has 2 unspecified atom stereocenters. The maximum Gasteiger partial charge on any atom is 0.451 e. The second kappa shape index (κ2) is 6.59. The van der Waals surface area contributed by atoms with Crippen LogP contribution in [-0.4, -0.2) is 35.5 Å². The molecular formula is C12H9F9N2O2. The van der Waals surface area contributed by atoms with Crippen molar-refractivity contribution >= 4 is 0 Å². The Morgan fingerprint density at radius 3 is 1.96 bits per heavy atom. The minimum atomic E-state index is -5.32. The summed E-state index contributed by atoms with van der Waals surface area (Å²) in [5, 5.41) is 0. The molecule has 1 aromatic rings. The second-order valence-corrected chi connectivity index (χ2v) is 4.99. The van der Waals surface area contributed by atoms with E-state index in [-0.39, 0.29) is 6.07 Å². The predicted molar refractivity (Wildman–Crippen MR) is 61.1 cm³/mol. The Hall–Kier alpha value is -1.63. The standard InChI is InChI=1S/C12H9F9N2O2/c13-10(14,15)7-3-5(22-9(23-7)12(19,20)21)6-4-8(11(16,17)18)25-2-1-24-6/h3,6,8H,1-2,4H2. The topological polar surface area (TPSA) is 44.2 Å². The molecule has 0 radical (unpaired) electrons. The maximum atomic E-state index is 12.8. The fraction of sp³-hybridized carbons (Fsp3) is 0.667. The van der Waals surface area contributed by atoms with Gasteiger partial charge in [0.05, 0.1) is 18.9 Å². The predicted octanol–water partition coefficient (Wildman–Crippen LogP) is 3.92. The van der Waals surface area contributed by atoms with Gasteiger partial charge in [0.25, 0.3) is 0 Å². The van der Waals surface area contributed by atoms with Crippen LogP contribution in [0.5, 0.6) is 0 Å². The molecule has 1 aliphatic heterocycles. The van der Waals surface area contributed by atoms with Gasteiger partial charge in [-0.15, -0.1) is 0 Å². The van der Waals surface area contributed by atoms with Gasteiger partial charge in [0.15, 0.2) is 6.10 Å². The molecule has 0 aliphatic carbocycles. The lowest BCUT2D eigenvalue weighted by atomic mass is 10.1. The smallest absolute Gasteiger partial charge is 0.369 e. The number of alkyl halides is 9. The Morgan fingerprint density at radius 1 is 0.840 bits per heavy atom. The van der Waals surface area contributed by atoms with Crippen molar-refractivity contribution in [1.82, 2.24) is 9.97 Å². The van der Waals surface area contributed by atoms with Crippen LogP contribution in [0, 0.1) is 0 Å². The van der Waals surface area contributed by atoms with Crippen LogP contribution in [0.15, 0.2) is 6.07 Å². The zero-order valence-corrected chi connectivity index (χ0v) is 12.0. The molecule has 4 nitrogen and oxygen atoms in total. The minimum Gasteiger partial charge on any atom is -0.369 e. The maximum absolute atomic E-state index is 12.8. The first-order chi connectivity index (χ1) is 11.3. The van der Waals surface area contributed by atoms with Gasteiger partial charge in [-0.1, -0.05) is 0 Å². The SMILES string of the molecule is FC(F)(F)c1cc(C2CC(C(F)(F)F)OCCO2)nc(C(F)(F)F)n1. The van der Waals surface area contributed by atoms with Gasteiger partial charge >= 0.3 is 18.5 Å². The highest BCUT2D eigenvalue weighted by molar-refractivity contribution is 5.18. The monoisotopic (exact) mass is 384 g/mol. The van der Waals surface area contributed by atoms with E-state index in [0.29, 0.717) is 0 Å². The molecule has 2 rings (SSSR count). The normalized spacial score (nSPS) is 23.4. The summed E-state index contributed by atoms with van der Waals surface area (Å²) >= 11 is 0. The summed E-state index contributed by atoms with van der Waals surface area (Å²) in [6.07, 6.45) is -20.6. The van der Waals surface area contributed by atoms with Gasteiger partial charge < -0.3 is 9.47 Å². The largest absolute Gasteiger partial charge is 0.451 e. The van der Waals surface area contributed by atoms with E-state index in [4.69, 9.17) is 4.74 Å². The Morgan fingerprint density at radius 2 is 1.44 bits per heavy atom. The molecule has 2 atom stereocenters. The van der Waals surface area contributed by atoms with E-state index in [2.05, 4.69) is 14.7 Å². The summed E-state index contributed by atoms with van der Waals surface area (Å²) in [5.41, 5.74) is -2.88. The van der Waals surface area contributed by atoms with Crippen LogP contribution in [0.2, 0.25) is 0 Å². The van der Waals surface area contributed by atoms with Crippen LogP contribution < -0.4 is 0 Å². The number of halogens is 9. The Bertz CT molecular complexity index is 580. The fourth-order valence-corrected chi connectivity index (χ4v) is 2.05. The average molecular weight is 384 g/mol. The Kier molecular flexibility index (Phi) is 5.19. The van der Waals surface area contributed by atoms with E-state index in [1.165, 1.54) is 0 Å². The molecule has 0 bridgehead atoms. The van der Waals surface area contributed by atoms with Crippen LogP contribution in [-0.2, 0) is 21.8 Å². The van der Waals surface area contributed by atoms with Crippen molar-refractivity contribution in [1.29, 1.82) is 0 Å². The number of aromatic nitrogens is 2. The van der Waals surface area contributed by atoms with E-state index in [9.17, 15) is 39.5 Å². The molecule has 0 aromatic carbocycles. The molecule has 25 heavy (non-hydrogen) atoms. The van der Waals surface area contributed by atoms with Gasteiger partial charge in [-0.3, -0.25) is 0 Å². The summed E-state index contributed by atoms with van der Waals surface area (Å²) in [4.78, 5) is 5.31. The van der Waals surface area contributed by atoms with E-state index >= 15 is 0 Å². The molecule has 0 N–H and O–H groups in total. The molecule has 142 valence electrons. The summed E-state index contributed by atoms with van der Waals surface area (Å²) in [6.45, 7) is -0.978. The third-order valence-electron chi connectivity index (χ3n) is 3.13.